The van der Waals surface area contributed by atoms with Crippen molar-refractivity contribution in [2.45, 2.75) is 6.18 Å². The Morgan fingerprint density at radius 1 is 1.36 bits per heavy atom. The molecule has 0 saturated heterocycles. The molecule has 0 unspecified atom stereocenters. The number of rotatable bonds is 2. The van der Waals surface area contributed by atoms with Crippen LogP contribution in [0, 0.1) is 0 Å². The van der Waals surface area contributed by atoms with E-state index in [1.165, 1.54) is 25.3 Å². The lowest BCUT2D eigenvalue weighted by atomic mass is 10.1. The zero-order valence-corrected chi connectivity index (χ0v) is 7.56. The van der Waals surface area contributed by atoms with Gasteiger partial charge in [-0.15, -0.1) is 0 Å². The third-order valence-corrected chi connectivity index (χ3v) is 1.77. The van der Waals surface area contributed by atoms with Gasteiger partial charge in [-0.1, -0.05) is 18.7 Å². The molecular formula is C10H9F3O. The monoisotopic (exact) mass is 202 g/mol. The molecule has 0 fully saturated rings. The first kappa shape index (κ1) is 10.6. The van der Waals surface area contributed by atoms with Crippen molar-refractivity contribution in [3.8, 4) is 5.75 Å². The molecule has 0 N–H and O–H groups in total. The van der Waals surface area contributed by atoms with Crippen molar-refractivity contribution < 1.29 is 17.9 Å². The van der Waals surface area contributed by atoms with Gasteiger partial charge in [0, 0.05) is 0 Å². The van der Waals surface area contributed by atoms with E-state index in [1.54, 1.807) is 0 Å². The molecule has 0 aliphatic rings. The van der Waals surface area contributed by atoms with E-state index < -0.39 is 11.7 Å². The Labute approximate surface area is 79.8 Å². The van der Waals surface area contributed by atoms with Gasteiger partial charge in [-0.25, -0.2) is 0 Å². The number of alkyl halides is 3. The minimum absolute atomic E-state index is 0.185. The fourth-order valence-electron chi connectivity index (χ4n) is 1.07. The molecule has 14 heavy (non-hydrogen) atoms. The second-order valence-electron chi connectivity index (χ2n) is 2.66. The molecule has 0 aromatic heterocycles. The minimum atomic E-state index is -4.38. The van der Waals surface area contributed by atoms with Gasteiger partial charge in [-0.2, -0.15) is 13.2 Å². The molecule has 1 aromatic rings. The summed E-state index contributed by atoms with van der Waals surface area (Å²) in [5, 5.41) is 0. The molecular weight excluding hydrogens is 193 g/mol. The molecule has 1 rings (SSSR count). The van der Waals surface area contributed by atoms with Crippen LogP contribution >= 0.6 is 0 Å². The highest BCUT2D eigenvalue weighted by atomic mass is 19.4. The van der Waals surface area contributed by atoms with Crippen molar-refractivity contribution in [3.63, 3.8) is 0 Å². The van der Waals surface area contributed by atoms with Crippen molar-refractivity contribution in [3.05, 3.63) is 35.9 Å². The van der Waals surface area contributed by atoms with Gasteiger partial charge in [-0.05, 0) is 17.7 Å². The van der Waals surface area contributed by atoms with Crippen molar-refractivity contribution in [1.29, 1.82) is 0 Å². The maximum absolute atomic E-state index is 12.4. The third-order valence-electron chi connectivity index (χ3n) is 1.77. The Morgan fingerprint density at radius 2 is 2.00 bits per heavy atom. The quantitative estimate of drug-likeness (QED) is 0.714. The largest absolute Gasteiger partial charge is 0.496 e. The van der Waals surface area contributed by atoms with E-state index in [2.05, 4.69) is 11.3 Å². The first-order valence-electron chi connectivity index (χ1n) is 3.86. The van der Waals surface area contributed by atoms with Gasteiger partial charge < -0.3 is 4.74 Å². The summed E-state index contributed by atoms with van der Waals surface area (Å²) in [4.78, 5) is 0. The van der Waals surface area contributed by atoms with E-state index in [0.717, 1.165) is 6.07 Å². The highest BCUT2D eigenvalue weighted by Crippen LogP contribution is 2.36. The smallest absolute Gasteiger partial charge is 0.419 e. The standard InChI is InChI=1S/C10H9F3O/c1-3-7-4-5-8(10(11,12)13)9(6-7)14-2/h3-6H,1H2,2H3. The van der Waals surface area contributed by atoms with Gasteiger partial charge in [0.1, 0.15) is 5.75 Å². The number of benzene rings is 1. The van der Waals surface area contributed by atoms with Crippen LogP contribution in [0.5, 0.6) is 5.75 Å². The maximum atomic E-state index is 12.4. The Balaban J connectivity index is 3.25. The van der Waals surface area contributed by atoms with Crippen molar-refractivity contribution in [1.82, 2.24) is 0 Å². The predicted molar refractivity (Wildman–Crippen MR) is 48.1 cm³/mol. The summed E-state index contributed by atoms with van der Waals surface area (Å²) in [5.41, 5.74) is -0.180. The average Bonchev–Trinajstić information content (AvgIpc) is 2.15. The fraction of sp³-hybridized carbons (Fsp3) is 0.200. The van der Waals surface area contributed by atoms with E-state index in [1.807, 2.05) is 0 Å². The lowest BCUT2D eigenvalue weighted by Gasteiger charge is -2.11. The van der Waals surface area contributed by atoms with E-state index in [-0.39, 0.29) is 5.75 Å². The Kier molecular flexibility index (Phi) is 2.84. The summed E-state index contributed by atoms with van der Waals surface area (Å²) in [6, 6.07) is 3.63. The summed E-state index contributed by atoms with van der Waals surface area (Å²) in [6.07, 6.45) is -2.92. The van der Waals surface area contributed by atoms with Gasteiger partial charge in [0.25, 0.3) is 0 Å². The van der Waals surface area contributed by atoms with Gasteiger partial charge in [0.15, 0.2) is 0 Å². The second-order valence-corrected chi connectivity index (χ2v) is 2.66. The molecule has 76 valence electrons. The van der Waals surface area contributed by atoms with Crippen LogP contribution in [0.4, 0.5) is 13.2 Å². The first-order valence-corrected chi connectivity index (χ1v) is 3.86. The molecule has 1 aromatic carbocycles. The average molecular weight is 202 g/mol. The molecule has 0 saturated carbocycles. The lowest BCUT2D eigenvalue weighted by molar-refractivity contribution is -0.138. The van der Waals surface area contributed by atoms with Crippen LogP contribution in [0.25, 0.3) is 6.08 Å². The minimum Gasteiger partial charge on any atom is -0.496 e. The SMILES string of the molecule is C=Cc1ccc(C(F)(F)F)c(OC)c1. The third kappa shape index (κ3) is 2.07. The van der Waals surface area contributed by atoms with Gasteiger partial charge in [-0.3, -0.25) is 0 Å². The van der Waals surface area contributed by atoms with Crippen LogP contribution in [0.3, 0.4) is 0 Å². The molecule has 0 heterocycles. The van der Waals surface area contributed by atoms with Gasteiger partial charge in [0.05, 0.1) is 12.7 Å². The van der Waals surface area contributed by atoms with Gasteiger partial charge >= 0.3 is 6.18 Å². The number of halogens is 3. The highest BCUT2D eigenvalue weighted by Gasteiger charge is 2.34. The van der Waals surface area contributed by atoms with E-state index in [4.69, 9.17) is 0 Å². The molecule has 4 heteroatoms. The van der Waals surface area contributed by atoms with Crippen molar-refractivity contribution in [2.75, 3.05) is 7.11 Å². The fourth-order valence-corrected chi connectivity index (χ4v) is 1.07. The Bertz CT molecular complexity index is 342. The van der Waals surface area contributed by atoms with E-state index in [9.17, 15) is 13.2 Å². The number of ether oxygens (including phenoxy) is 1. The zero-order valence-electron chi connectivity index (χ0n) is 7.56. The molecule has 0 spiro atoms. The Morgan fingerprint density at radius 3 is 2.43 bits per heavy atom. The summed E-state index contributed by atoms with van der Waals surface area (Å²) in [7, 11) is 1.21. The summed E-state index contributed by atoms with van der Waals surface area (Å²) in [6.45, 7) is 3.46. The summed E-state index contributed by atoms with van der Waals surface area (Å²) >= 11 is 0. The van der Waals surface area contributed by atoms with Gasteiger partial charge in [0.2, 0.25) is 0 Å². The van der Waals surface area contributed by atoms with Crippen LogP contribution in [-0.2, 0) is 6.18 Å². The predicted octanol–water partition coefficient (Wildman–Crippen LogP) is 3.36. The zero-order chi connectivity index (χ0) is 10.8. The molecule has 0 atom stereocenters. The van der Waals surface area contributed by atoms with Crippen LogP contribution in [0.1, 0.15) is 11.1 Å². The molecule has 0 aliphatic heterocycles. The number of hydrogen-bond acceptors (Lipinski definition) is 1. The van der Waals surface area contributed by atoms with Crippen molar-refractivity contribution >= 4 is 6.08 Å². The molecule has 0 bridgehead atoms. The summed E-state index contributed by atoms with van der Waals surface area (Å²) < 4.78 is 41.7. The molecule has 1 nitrogen and oxygen atoms in total. The normalized spacial score (nSPS) is 11.1. The molecule has 0 aliphatic carbocycles. The van der Waals surface area contributed by atoms with Crippen molar-refractivity contribution in [2.24, 2.45) is 0 Å². The lowest BCUT2D eigenvalue weighted by Crippen LogP contribution is -2.07. The highest BCUT2D eigenvalue weighted by molar-refractivity contribution is 5.52. The van der Waals surface area contributed by atoms with Crippen LogP contribution in [-0.4, -0.2) is 7.11 Å². The second kappa shape index (κ2) is 3.74. The van der Waals surface area contributed by atoms with Crippen LogP contribution in [0.2, 0.25) is 0 Å². The Hall–Kier alpha value is -1.45. The topological polar surface area (TPSA) is 9.23 Å². The molecule has 0 radical (unpaired) electrons. The van der Waals surface area contributed by atoms with Crippen LogP contribution in [0.15, 0.2) is 24.8 Å². The maximum Gasteiger partial charge on any atom is 0.419 e. The number of hydrogen-bond donors (Lipinski definition) is 0. The van der Waals surface area contributed by atoms with E-state index in [0.29, 0.717) is 5.56 Å². The first-order chi connectivity index (χ1) is 6.49. The molecule has 0 amide bonds. The van der Waals surface area contributed by atoms with Crippen LogP contribution < -0.4 is 4.74 Å². The number of methoxy groups -OCH3 is 1. The van der Waals surface area contributed by atoms with E-state index >= 15 is 0 Å². The summed E-state index contributed by atoms with van der Waals surface area (Å²) in [5.74, 6) is -0.185.